The van der Waals surface area contributed by atoms with E-state index in [1.54, 1.807) is 11.3 Å². The lowest BCUT2D eigenvalue weighted by Gasteiger charge is -2.15. The normalized spacial score (nSPS) is 15.5. The summed E-state index contributed by atoms with van der Waals surface area (Å²) in [7, 11) is 0. The molecule has 1 fully saturated rings. The maximum Gasteiger partial charge on any atom is 0.226 e. The number of halogens is 1. The molecule has 1 aliphatic carbocycles. The molecule has 0 saturated heterocycles. The summed E-state index contributed by atoms with van der Waals surface area (Å²) in [6, 6.07) is 8.13. The van der Waals surface area contributed by atoms with E-state index >= 15 is 0 Å². The number of nitrogens with two attached hydrogens (primary N) is 1. The van der Waals surface area contributed by atoms with Crippen molar-refractivity contribution in [2.45, 2.75) is 25.3 Å². The third-order valence-corrected chi connectivity index (χ3v) is 5.19. The molecule has 0 aliphatic heterocycles. The number of hydrogen-bond donors (Lipinski definition) is 2. The molecule has 1 aromatic carbocycles. The lowest BCUT2D eigenvalue weighted by atomic mass is 10.2. The minimum atomic E-state index is 0.00782. The smallest absolute Gasteiger partial charge is 0.226 e. The molecule has 0 spiro atoms. The van der Waals surface area contributed by atoms with Crippen LogP contribution in [0.15, 0.2) is 34.1 Å². The largest absolute Gasteiger partial charge is 0.351 e. The first-order chi connectivity index (χ1) is 10.7. The summed E-state index contributed by atoms with van der Waals surface area (Å²) in [5, 5.41) is 5.91. The topological polar surface area (TPSA) is 68.0 Å². The van der Waals surface area contributed by atoms with Crippen LogP contribution < -0.4 is 11.1 Å². The van der Waals surface area contributed by atoms with Gasteiger partial charge in [0.2, 0.25) is 5.91 Å². The van der Waals surface area contributed by atoms with Gasteiger partial charge in [-0.3, -0.25) is 4.79 Å². The van der Waals surface area contributed by atoms with Gasteiger partial charge in [-0.2, -0.15) is 0 Å². The number of aromatic nitrogens is 1. The van der Waals surface area contributed by atoms with Gasteiger partial charge in [0.1, 0.15) is 5.01 Å². The number of carbonyl (C=O) groups excluding carboxylic acids is 1. The third kappa shape index (κ3) is 3.94. The highest BCUT2D eigenvalue weighted by atomic mass is 79.9. The van der Waals surface area contributed by atoms with E-state index in [9.17, 15) is 4.79 Å². The number of carbonyl (C=O) groups is 1. The minimum Gasteiger partial charge on any atom is -0.351 e. The number of rotatable bonds is 6. The van der Waals surface area contributed by atoms with Crippen molar-refractivity contribution in [2.75, 3.05) is 6.54 Å². The molecule has 1 heterocycles. The van der Waals surface area contributed by atoms with Crippen LogP contribution in [-0.2, 0) is 11.2 Å². The van der Waals surface area contributed by atoms with Gasteiger partial charge in [-0.15, -0.1) is 11.3 Å². The number of hydrogen-bond acceptors (Lipinski definition) is 4. The Kier molecular flexibility index (Phi) is 4.90. The van der Waals surface area contributed by atoms with Gasteiger partial charge < -0.3 is 11.1 Å². The zero-order chi connectivity index (χ0) is 15.5. The average molecular weight is 380 g/mol. The van der Waals surface area contributed by atoms with Crippen molar-refractivity contribution in [1.82, 2.24) is 10.3 Å². The number of amides is 1. The lowest BCUT2D eigenvalue weighted by molar-refractivity contribution is -0.121. The first-order valence-corrected chi connectivity index (χ1v) is 9.02. The molecule has 2 aromatic rings. The number of nitrogens with zero attached hydrogens (tertiary/aromatic N) is 1. The van der Waals surface area contributed by atoms with E-state index in [0.717, 1.165) is 20.7 Å². The van der Waals surface area contributed by atoms with Gasteiger partial charge in [-0.1, -0.05) is 28.1 Å². The van der Waals surface area contributed by atoms with E-state index in [1.807, 2.05) is 29.6 Å². The summed E-state index contributed by atoms with van der Waals surface area (Å²) >= 11 is 5.02. The van der Waals surface area contributed by atoms with Gasteiger partial charge in [-0.25, -0.2) is 4.98 Å². The molecule has 3 N–H and O–H groups in total. The lowest BCUT2D eigenvalue weighted by Crippen LogP contribution is -2.42. The van der Waals surface area contributed by atoms with Crippen LogP contribution in [0.3, 0.4) is 0 Å². The van der Waals surface area contributed by atoms with E-state index < -0.39 is 0 Å². The predicted octanol–water partition coefficient (Wildman–Crippen LogP) is 2.97. The number of benzene rings is 1. The summed E-state index contributed by atoms with van der Waals surface area (Å²) in [6.07, 6.45) is 2.66. The van der Waals surface area contributed by atoms with Crippen LogP contribution in [0.2, 0.25) is 0 Å². The van der Waals surface area contributed by atoms with Crippen molar-refractivity contribution < 1.29 is 4.79 Å². The summed E-state index contributed by atoms with van der Waals surface area (Å²) in [5.41, 5.74) is 7.59. The van der Waals surface area contributed by atoms with Crippen molar-refractivity contribution >= 4 is 33.2 Å². The Bertz CT molecular complexity index is 669. The van der Waals surface area contributed by atoms with Crippen LogP contribution in [-0.4, -0.2) is 23.5 Å². The molecule has 4 nitrogen and oxygen atoms in total. The molecule has 1 atom stereocenters. The second-order valence-electron chi connectivity index (χ2n) is 5.58. The fourth-order valence-electron chi connectivity index (χ4n) is 2.43. The summed E-state index contributed by atoms with van der Waals surface area (Å²) in [4.78, 5) is 16.7. The van der Waals surface area contributed by atoms with E-state index in [4.69, 9.17) is 5.73 Å². The Morgan fingerprint density at radius 1 is 1.50 bits per heavy atom. The molecule has 1 saturated carbocycles. The molecule has 6 heteroatoms. The Labute approximate surface area is 142 Å². The van der Waals surface area contributed by atoms with Crippen molar-refractivity contribution in [3.05, 3.63) is 39.8 Å². The fraction of sp³-hybridized carbons (Fsp3) is 0.375. The van der Waals surface area contributed by atoms with Crippen LogP contribution >= 0.6 is 27.3 Å². The first-order valence-electron chi connectivity index (χ1n) is 7.35. The van der Waals surface area contributed by atoms with E-state index in [-0.39, 0.29) is 11.9 Å². The van der Waals surface area contributed by atoms with Crippen molar-refractivity contribution in [2.24, 2.45) is 11.7 Å². The molecule has 1 aromatic heterocycles. The van der Waals surface area contributed by atoms with E-state index in [1.165, 1.54) is 12.8 Å². The molecular weight excluding hydrogens is 362 g/mol. The fourth-order valence-corrected chi connectivity index (χ4v) is 3.65. The number of nitrogens with one attached hydrogen (secondary N) is 1. The summed E-state index contributed by atoms with van der Waals surface area (Å²) < 4.78 is 1.02. The quantitative estimate of drug-likeness (QED) is 0.810. The maximum atomic E-state index is 12.1. The summed E-state index contributed by atoms with van der Waals surface area (Å²) in [6.45, 7) is 0.511. The first kappa shape index (κ1) is 15.6. The molecule has 3 rings (SSSR count). The van der Waals surface area contributed by atoms with E-state index in [0.29, 0.717) is 18.9 Å². The highest BCUT2D eigenvalue weighted by molar-refractivity contribution is 9.10. The highest BCUT2D eigenvalue weighted by Crippen LogP contribution is 2.32. The summed E-state index contributed by atoms with van der Waals surface area (Å²) in [5.74, 6) is 0.579. The van der Waals surface area contributed by atoms with E-state index in [2.05, 4.69) is 26.2 Å². The average Bonchev–Trinajstić information content (AvgIpc) is 3.24. The molecule has 1 unspecified atom stereocenters. The zero-order valence-electron chi connectivity index (χ0n) is 12.1. The van der Waals surface area contributed by atoms with Crippen molar-refractivity contribution in [3.8, 4) is 10.6 Å². The molecule has 0 bridgehead atoms. The molecule has 1 amide bonds. The van der Waals surface area contributed by atoms with Gasteiger partial charge in [0.25, 0.3) is 0 Å². The molecule has 22 heavy (non-hydrogen) atoms. The SMILES string of the molecule is NCC(NC(=O)Cc1csc(-c2cccc(Br)c2)n1)C1CC1. The highest BCUT2D eigenvalue weighted by Gasteiger charge is 2.31. The van der Waals surface area contributed by atoms with Gasteiger partial charge in [0.15, 0.2) is 0 Å². The Balaban J connectivity index is 1.62. The minimum absolute atomic E-state index is 0.00782. The van der Waals surface area contributed by atoms with Gasteiger partial charge in [-0.05, 0) is 30.9 Å². The van der Waals surface area contributed by atoms with Crippen molar-refractivity contribution in [3.63, 3.8) is 0 Å². The van der Waals surface area contributed by atoms with Crippen molar-refractivity contribution in [1.29, 1.82) is 0 Å². The molecular formula is C16H18BrN3OS. The molecule has 116 valence electrons. The van der Waals surface area contributed by atoms with Gasteiger partial charge in [0, 0.05) is 28.0 Å². The van der Waals surface area contributed by atoms with Gasteiger partial charge in [0.05, 0.1) is 12.1 Å². The second kappa shape index (κ2) is 6.89. The number of thiazole rings is 1. The standard InChI is InChI=1S/C16H18BrN3OS/c17-12-3-1-2-11(6-12)16-19-13(9-22-16)7-15(21)20-14(8-18)10-4-5-10/h1-3,6,9-10,14H,4-5,7-8,18H2,(H,20,21). The Hall–Kier alpha value is -1.24. The van der Waals surface area contributed by atoms with Gasteiger partial charge >= 0.3 is 0 Å². The van der Waals surface area contributed by atoms with Crippen LogP contribution in [0, 0.1) is 5.92 Å². The Morgan fingerprint density at radius 3 is 3.00 bits per heavy atom. The monoisotopic (exact) mass is 379 g/mol. The molecule has 1 aliphatic rings. The van der Waals surface area contributed by atoms with Crippen LogP contribution in [0.4, 0.5) is 0 Å². The second-order valence-corrected chi connectivity index (χ2v) is 7.35. The maximum absolute atomic E-state index is 12.1. The predicted molar refractivity (Wildman–Crippen MR) is 92.7 cm³/mol. The molecule has 0 radical (unpaired) electrons. The zero-order valence-corrected chi connectivity index (χ0v) is 14.5. The van der Waals surface area contributed by atoms with Crippen LogP contribution in [0.25, 0.3) is 10.6 Å². The third-order valence-electron chi connectivity index (χ3n) is 3.76. The van der Waals surface area contributed by atoms with Crippen LogP contribution in [0.5, 0.6) is 0 Å². The van der Waals surface area contributed by atoms with Crippen LogP contribution in [0.1, 0.15) is 18.5 Å². The Morgan fingerprint density at radius 2 is 2.32 bits per heavy atom.